The number of rotatable bonds is 3. The summed E-state index contributed by atoms with van der Waals surface area (Å²) < 4.78 is 12.6. The summed E-state index contributed by atoms with van der Waals surface area (Å²) in [6.45, 7) is 9.23. The first-order chi connectivity index (χ1) is 13.7. The largest absolute Gasteiger partial charge is 0.491 e. The number of allylic oxidation sites excluding steroid dienone is 2. The lowest BCUT2D eigenvalue weighted by atomic mass is 9.99. The van der Waals surface area contributed by atoms with Crippen molar-refractivity contribution in [1.82, 2.24) is 0 Å². The van der Waals surface area contributed by atoms with Crippen LogP contribution in [0.4, 0.5) is 11.6 Å². The number of ether oxygens (including phenoxy) is 1. The summed E-state index contributed by atoms with van der Waals surface area (Å²) in [5.41, 5.74) is 5.63. The Balaban J connectivity index is 1.81. The molecule has 4 heteroatoms. The zero-order chi connectivity index (χ0) is 19.3. The lowest BCUT2D eigenvalue weighted by Crippen LogP contribution is -2.22. The van der Waals surface area contributed by atoms with E-state index in [1.54, 1.807) is 11.8 Å². The fraction of sp³-hybridized carbons (Fsp3) is 0.250. The number of furan rings is 1. The SMILES string of the molecule is C=CC1=C(CC)Sc2c(oc3ccccc23)N1c1ccc(C)c2c1OCCC2. The van der Waals surface area contributed by atoms with Gasteiger partial charge in [0.25, 0.3) is 0 Å². The van der Waals surface area contributed by atoms with Crippen LogP contribution in [0.3, 0.4) is 0 Å². The fourth-order valence-electron chi connectivity index (χ4n) is 4.15. The molecule has 5 rings (SSSR count). The molecule has 0 bridgehead atoms. The average Bonchev–Trinajstić information content (AvgIpc) is 3.11. The summed E-state index contributed by atoms with van der Waals surface area (Å²) in [5, 5.41) is 1.16. The Morgan fingerprint density at radius 2 is 2.07 bits per heavy atom. The van der Waals surface area contributed by atoms with Gasteiger partial charge in [-0.05, 0) is 61.6 Å². The first-order valence-electron chi connectivity index (χ1n) is 9.83. The number of hydrogen-bond acceptors (Lipinski definition) is 4. The van der Waals surface area contributed by atoms with Crippen molar-refractivity contribution in [2.75, 3.05) is 11.5 Å². The van der Waals surface area contributed by atoms with Gasteiger partial charge < -0.3 is 9.15 Å². The molecule has 28 heavy (non-hydrogen) atoms. The Bertz CT molecular complexity index is 1130. The summed E-state index contributed by atoms with van der Waals surface area (Å²) in [4.78, 5) is 4.67. The minimum Gasteiger partial charge on any atom is -0.491 e. The summed E-state index contributed by atoms with van der Waals surface area (Å²) in [7, 11) is 0. The number of benzene rings is 2. The van der Waals surface area contributed by atoms with Crippen LogP contribution in [0.15, 0.2) is 69.0 Å². The van der Waals surface area contributed by atoms with Crippen LogP contribution >= 0.6 is 11.8 Å². The molecule has 2 aliphatic rings. The van der Waals surface area contributed by atoms with Crippen molar-refractivity contribution >= 4 is 34.3 Å². The zero-order valence-electron chi connectivity index (χ0n) is 16.2. The lowest BCUT2D eigenvalue weighted by Gasteiger charge is -2.33. The zero-order valence-corrected chi connectivity index (χ0v) is 17.1. The Kier molecular flexibility index (Phi) is 4.24. The van der Waals surface area contributed by atoms with Crippen LogP contribution in [0.1, 0.15) is 30.9 Å². The Labute approximate surface area is 169 Å². The van der Waals surface area contributed by atoms with Gasteiger partial charge in [-0.1, -0.05) is 43.5 Å². The van der Waals surface area contributed by atoms with Gasteiger partial charge in [-0.15, -0.1) is 0 Å². The van der Waals surface area contributed by atoms with Crippen molar-refractivity contribution in [3.8, 4) is 5.75 Å². The van der Waals surface area contributed by atoms with Crippen LogP contribution in [0.2, 0.25) is 0 Å². The number of fused-ring (bicyclic) bond motifs is 4. The number of thioether (sulfide) groups is 1. The van der Waals surface area contributed by atoms with E-state index >= 15 is 0 Å². The highest BCUT2D eigenvalue weighted by Crippen LogP contribution is 2.54. The van der Waals surface area contributed by atoms with Crippen molar-refractivity contribution < 1.29 is 9.15 Å². The van der Waals surface area contributed by atoms with Crippen LogP contribution in [-0.2, 0) is 6.42 Å². The highest BCUT2D eigenvalue weighted by Gasteiger charge is 2.33. The van der Waals surface area contributed by atoms with E-state index in [1.165, 1.54) is 20.9 Å². The van der Waals surface area contributed by atoms with Crippen molar-refractivity contribution in [2.45, 2.75) is 38.0 Å². The molecule has 2 aliphatic heterocycles. The van der Waals surface area contributed by atoms with Crippen LogP contribution in [0, 0.1) is 6.92 Å². The molecule has 142 valence electrons. The minimum absolute atomic E-state index is 0.757. The van der Waals surface area contributed by atoms with Gasteiger partial charge >= 0.3 is 0 Å². The number of para-hydroxylation sites is 1. The normalized spacial score (nSPS) is 16.0. The predicted octanol–water partition coefficient (Wildman–Crippen LogP) is 7.12. The van der Waals surface area contributed by atoms with Gasteiger partial charge in [0.05, 0.1) is 22.9 Å². The van der Waals surface area contributed by atoms with Crippen LogP contribution in [0.5, 0.6) is 5.75 Å². The molecule has 1 aromatic heterocycles. The summed E-state index contributed by atoms with van der Waals surface area (Å²) in [6, 6.07) is 12.6. The molecule has 0 fully saturated rings. The Hall–Kier alpha value is -2.59. The van der Waals surface area contributed by atoms with Crippen LogP contribution in [0.25, 0.3) is 11.0 Å². The summed E-state index contributed by atoms with van der Waals surface area (Å²) >= 11 is 1.80. The monoisotopic (exact) mass is 389 g/mol. The molecule has 0 N–H and O–H groups in total. The van der Waals surface area contributed by atoms with Gasteiger partial charge in [-0.2, -0.15) is 0 Å². The topological polar surface area (TPSA) is 25.6 Å². The van der Waals surface area contributed by atoms with E-state index in [-0.39, 0.29) is 0 Å². The van der Waals surface area contributed by atoms with Gasteiger partial charge in [0.15, 0.2) is 0 Å². The highest BCUT2D eigenvalue weighted by atomic mass is 32.2. The van der Waals surface area contributed by atoms with Crippen molar-refractivity contribution in [1.29, 1.82) is 0 Å². The summed E-state index contributed by atoms with van der Waals surface area (Å²) in [5.74, 6) is 1.85. The third-order valence-electron chi connectivity index (χ3n) is 5.53. The fourth-order valence-corrected chi connectivity index (χ4v) is 5.32. The third-order valence-corrected chi connectivity index (χ3v) is 6.88. The van der Waals surface area contributed by atoms with Crippen LogP contribution < -0.4 is 9.64 Å². The Morgan fingerprint density at radius 1 is 1.21 bits per heavy atom. The number of aryl methyl sites for hydroxylation is 1. The molecule has 2 aromatic carbocycles. The van der Waals surface area contributed by atoms with Gasteiger partial charge in [-0.3, -0.25) is 4.90 Å². The number of hydrogen-bond donors (Lipinski definition) is 0. The highest BCUT2D eigenvalue weighted by molar-refractivity contribution is 8.03. The maximum absolute atomic E-state index is 6.37. The van der Waals surface area contributed by atoms with Crippen molar-refractivity contribution in [3.63, 3.8) is 0 Å². The second-order valence-electron chi connectivity index (χ2n) is 7.20. The van der Waals surface area contributed by atoms with E-state index < -0.39 is 0 Å². The molecule has 3 heterocycles. The molecular weight excluding hydrogens is 366 g/mol. The van der Waals surface area contributed by atoms with E-state index in [0.29, 0.717) is 0 Å². The quantitative estimate of drug-likeness (QED) is 0.476. The number of anilines is 2. The van der Waals surface area contributed by atoms with Gasteiger partial charge in [-0.25, -0.2) is 0 Å². The molecule has 0 spiro atoms. The van der Waals surface area contributed by atoms with Gasteiger partial charge in [0, 0.05) is 10.3 Å². The van der Waals surface area contributed by atoms with Crippen LogP contribution in [-0.4, -0.2) is 6.61 Å². The second-order valence-corrected chi connectivity index (χ2v) is 8.30. The maximum atomic E-state index is 6.37. The summed E-state index contributed by atoms with van der Waals surface area (Å²) in [6.07, 6.45) is 5.00. The standard InChI is InChI=1S/C24H23NO2S/c1-4-18-21(5-2)28-23-17-9-6-7-11-20(17)27-24(23)25(18)19-13-12-15(3)16-10-8-14-26-22(16)19/h4,6-7,9,11-13H,1,5,8,10,14H2,2-3H3. The van der Waals surface area contributed by atoms with E-state index in [4.69, 9.17) is 9.15 Å². The average molecular weight is 390 g/mol. The predicted molar refractivity (Wildman–Crippen MR) is 117 cm³/mol. The van der Waals surface area contributed by atoms with E-state index in [0.717, 1.165) is 59.9 Å². The molecule has 0 saturated heterocycles. The first kappa shape index (κ1) is 17.5. The molecular formula is C24H23NO2S. The second kappa shape index (κ2) is 6.78. The molecule has 0 aliphatic carbocycles. The molecule has 3 nitrogen and oxygen atoms in total. The molecule has 0 atom stereocenters. The lowest BCUT2D eigenvalue weighted by molar-refractivity contribution is 0.288. The Morgan fingerprint density at radius 3 is 2.89 bits per heavy atom. The van der Waals surface area contributed by atoms with E-state index in [9.17, 15) is 0 Å². The first-order valence-corrected chi connectivity index (χ1v) is 10.6. The van der Waals surface area contributed by atoms with E-state index in [2.05, 4.69) is 49.6 Å². The van der Waals surface area contributed by atoms with Gasteiger partial charge in [0.1, 0.15) is 11.3 Å². The van der Waals surface area contributed by atoms with Crippen molar-refractivity contribution in [2.24, 2.45) is 0 Å². The number of nitrogens with zero attached hydrogens (tertiary/aromatic N) is 1. The third kappa shape index (κ3) is 2.51. The van der Waals surface area contributed by atoms with E-state index in [1.807, 2.05) is 18.2 Å². The van der Waals surface area contributed by atoms with Gasteiger partial charge in [0.2, 0.25) is 5.88 Å². The maximum Gasteiger partial charge on any atom is 0.220 e. The molecule has 0 amide bonds. The minimum atomic E-state index is 0.757. The molecule has 0 unspecified atom stereocenters. The van der Waals surface area contributed by atoms with Crippen molar-refractivity contribution in [3.05, 3.63) is 70.8 Å². The molecule has 0 radical (unpaired) electrons. The molecule has 3 aromatic rings. The smallest absolute Gasteiger partial charge is 0.220 e. The molecule has 0 saturated carbocycles.